The van der Waals surface area contributed by atoms with E-state index in [0.29, 0.717) is 43.0 Å². The highest BCUT2D eigenvalue weighted by atomic mass is 16.6. The van der Waals surface area contributed by atoms with Gasteiger partial charge in [-0.3, -0.25) is 9.69 Å². The predicted octanol–water partition coefficient (Wildman–Crippen LogP) is 3.47. The highest BCUT2D eigenvalue weighted by Gasteiger charge is 2.22. The first-order chi connectivity index (χ1) is 18.9. The summed E-state index contributed by atoms with van der Waals surface area (Å²) in [6, 6.07) is 8.35. The van der Waals surface area contributed by atoms with E-state index in [4.69, 9.17) is 10.5 Å². The van der Waals surface area contributed by atoms with E-state index in [9.17, 15) is 9.59 Å². The first-order valence-corrected chi connectivity index (χ1v) is 13.9. The Labute approximate surface area is 229 Å². The summed E-state index contributed by atoms with van der Waals surface area (Å²) in [5, 5.41) is 8.05. The van der Waals surface area contributed by atoms with E-state index in [1.54, 1.807) is 11.1 Å². The molecule has 3 aromatic rings. The van der Waals surface area contributed by atoms with Crippen molar-refractivity contribution in [3.63, 3.8) is 0 Å². The largest absolute Gasteiger partial charge is 0.449 e. The number of rotatable bonds is 11. The van der Waals surface area contributed by atoms with E-state index < -0.39 is 0 Å². The van der Waals surface area contributed by atoms with Crippen LogP contribution >= 0.6 is 0 Å². The number of amides is 1. The molecule has 0 spiro atoms. The molecule has 0 bridgehead atoms. The number of hydrogen-bond donors (Lipinski definition) is 2. The molecule has 3 heterocycles. The van der Waals surface area contributed by atoms with Gasteiger partial charge in [-0.25, -0.2) is 14.5 Å². The number of nitrogens with zero attached hydrogens (tertiary/aromatic N) is 6. The van der Waals surface area contributed by atoms with Gasteiger partial charge in [0.15, 0.2) is 0 Å². The summed E-state index contributed by atoms with van der Waals surface area (Å²) in [5.41, 5.74) is 8.21. The SMILES string of the molecule is CCCCOC(=O)N1CCN(Cc2ccc(Cn3ncc4nc(N)nc(N[C@H](C)CCC)c4c3=O)cc2)CC1. The van der Waals surface area contributed by atoms with Gasteiger partial charge in [-0.15, -0.1) is 0 Å². The van der Waals surface area contributed by atoms with Crippen molar-refractivity contribution in [2.24, 2.45) is 0 Å². The molecule has 1 atom stereocenters. The number of anilines is 2. The second-order valence-corrected chi connectivity index (χ2v) is 10.2. The number of nitrogens with two attached hydrogens (primary N) is 1. The average molecular weight is 537 g/mol. The number of aromatic nitrogens is 4. The number of unbranched alkanes of at least 4 members (excludes halogenated alkanes) is 1. The number of nitrogen functional groups attached to an aromatic ring is 1. The van der Waals surface area contributed by atoms with E-state index in [1.807, 2.05) is 12.1 Å². The lowest BCUT2D eigenvalue weighted by molar-refractivity contribution is 0.0738. The van der Waals surface area contributed by atoms with Gasteiger partial charge in [-0.1, -0.05) is 51.0 Å². The molecule has 11 heteroatoms. The van der Waals surface area contributed by atoms with Crippen LogP contribution in [0.1, 0.15) is 57.6 Å². The lowest BCUT2D eigenvalue weighted by atomic mass is 10.1. The van der Waals surface area contributed by atoms with E-state index >= 15 is 0 Å². The van der Waals surface area contributed by atoms with Crippen molar-refractivity contribution in [2.45, 2.75) is 65.6 Å². The third-order valence-corrected chi connectivity index (χ3v) is 6.94. The maximum atomic E-state index is 13.4. The molecule has 0 radical (unpaired) electrons. The first kappa shape index (κ1) is 28.3. The number of piperazine rings is 1. The highest BCUT2D eigenvalue weighted by molar-refractivity contribution is 5.88. The Bertz CT molecular complexity index is 1300. The van der Waals surface area contributed by atoms with Crippen LogP contribution in [0.5, 0.6) is 0 Å². The topological polar surface area (TPSA) is 132 Å². The van der Waals surface area contributed by atoms with Crippen LogP contribution in [0.15, 0.2) is 35.3 Å². The zero-order valence-electron chi connectivity index (χ0n) is 23.2. The van der Waals surface area contributed by atoms with Crippen molar-refractivity contribution in [2.75, 3.05) is 43.8 Å². The Morgan fingerprint density at radius 1 is 1.05 bits per heavy atom. The molecule has 0 saturated carbocycles. The summed E-state index contributed by atoms with van der Waals surface area (Å²) in [6.45, 7) is 10.8. The van der Waals surface area contributed by atoms with Gasteiger partial charge in [-0.05, 0) is 30.9 Å². The van der Waals surface area contributed by atoms with Crippen molar-refractivity contribution < 1.29 is 9.53 Å². The lowest BCUT2D eigenvalue weighted by Crippen LogP contribution is -2.48. The van der Waals surface area contributed by atoms with E-state index in [-0.39, 0.29) is 23.6 Å². The molecule has 2 aromatic heterocycles. The lowest BCUT2D eigenvalue weighted by Gasteiger charge is -2.34. The van der Waals surface area contributed by atoms with E-state index in [2.05, 4.69) is 58.2 Å². The summed E-state index contributed by atoms with van der Waals surface area (Å²) < 4.78 is 6.77. The number of fused-ring (bicyclic) bond motifs is 1. The van der Waals surface area contributed by atoms with Gasteiger partial charge in [0.05, 0.1) is 19.3 Å². The van der Waals surface area contributed by atoms with Crippen LogP contribution in [0.25, 0.3) is 10.9 Å². The van der Waals surface area contributed by atoms with Crippen LogP contribution in [0, 0.1) is 0 Å². The molecule has 210 valence electrons. The Morgan fingerprint density at radius 3 is 2.41 bits per heavy atom. The number of benzene rings is 1. The molecular formula is C28H40N8O3. The highest BCUT2D eigenvalue weighted by Crippen LogP contribution is 2.19. The fraction of sp³-hybridized carbons (Fsp3) is 0.536. The molecular weight excluding hydrogens is 496 g/mol. The Morgan fingerprint density at radius 2 is 1.74 bits per heavy atom. The van der Waals surface area contributed by atoms with Crippen molar-refractivity contribution in [3.8, 4) is 0 Å². The molecule has 4 rings (SSSR count). The normalized spacial score (nSPS) is 14.9. The van der Waals surface area contributed by atoms with Crippen LogP contribution in [0.4, 0.5) is 16.6 Å². The number of nitrogens with one attached hydrogen (secondary N) is 1. The van der Waals surface area contributed by atoms with Gasteiger partial charge < -0.3 is 20.7 Å². The van der Waals surface area contributed by atoms with Crippen molar-refractivity contribution >= 4 is 28.8 Å². The zero-order valence-corrected chi connectivity index (χ0v) is 23.2. The third kappa shape index (κ3) is 7.44. The first-order valence-electron chi connectivity index (χ1n) is 13.9. The number of carbonyl (C=O) groups is 1. The number of ether oxygens (including phenoxy) is 1. The predicted molar refractivity (Wildman–Crippen MR) is 153 cm³/mol. The molecule has 39 heavy (non-hydrogen) atoms. The van der Waals surface area contributed by atoms with Crippen LogP contribution in [-0.4, -0.2) is 74.5 Å². The fourth-order valence-electron chi connectivity index (χ4n) is 4.73. The van der Waals surface area contributed by atoms with E-state index in [0.717, 1.165) is 50.9 Å². The summed E-state index contributed by atoms with van der Waals surface area (Å²) >= 11 is 0. The number of hydrogen-bond acceptors (Lipinski definition) is 9. The van der Waals surface area contributed by atoms with Crippen LogP contribution in [-0.2, 0) is 17.8 Å². The maximum absolute atomic E-state index is 13.4. The van der Waals surface area contributed by atoms with Crippen LogP contribution in [0.3, 0.4) is 0 Å². The standard InChI is InChI=1S/C28H40N8O3/c1-4-6-16-39-28(38)35-14-12-34(13-15-35)18-21-8-10-22(11-9-21)19-36-26(37)24-23(17-30-36)32-27(29)33-25(24)31-20(3)7-5-2/h8-11,17,20H,4-7,12-16,18-19H2,1-3H3,(H3,29,31,32,33)/t20-/m1/s1. The van der Waals surface area contributed by atoms with Gasteiger partial charge in [-0.2, -0.15) is 10.1 Å². The zero-order chi connectivity index (χ0) is 27.8. The maximum Gasteiger partial charge on any atom is 0.409 e. The molecule has 11 nitrogen and oxygen atoms in total. The molecule has 0 aliphatic carbocycles. The van der Waals surface area contributed by atoms with Crippen LogP contribution in [0.2, 0.25) is 0 Å². The van der Waals surface area contributed by atoms with Crippen molar-refractivity contribution in [3.05, 3.63) is 51.9 Å². The molecule has 1 aromatic carbocycles. The third-order valence-electron chi connectivity index (χ3n) is 6.94. The van der Waals surface area contributed by atoms with Gasteiger partial charge >= 0.3 is 6.09 Å². The molecule has 0 unspecified atom stereocenters. The van der Waals surface area contributed by atoms with Gasteiger partial charge in [0.1, 0.15) is 16.7 Å². The van der Waals surface area contributed by atoms with Gasteiger partial charge in [0.2, 0.25) is 5.95 Å². The fourth-order valence-corrected chi connectivity index (χ4v) is 4.73. The molecule has 1 aliphatic heterocycles. The minimum absolute atomic E-state index is 0.108. The molecule has 1 aliphatic rings. The van der Waals surface area contributed by atoms with Gasteiger partial charge in [0.25, 0.3) is 5.56 Å². The monoisotopic (exact) mass is 536 g/mol. The minimum Gasteiger partial charge on any atom is -0.449 e. The average Bonchev–Trinajstić information content (AvgIpc) is 2.91. The van der Waals surface area contributed by atoms with Crippen LogP contribution < -0.4 is 16.6 Å². The smallest absolute Gasteiger partial charge is 0.409 e. The quantitative estimate of drug-likeness (QED) is 0.354. The van der Waals surface area contributed by atoms with Gasteiger partial charge in [0, 0.05) is 38.8 Å². The summed E-state index contributed by atoms with van der Waals surface area (Å²) in [6.07, 6.45) is 5.22. The summed E-state index contributed by atoms with van der Waals surface area (Å²) in [4.78, 5) is 38.2. The Hall–Kier alpha value is -3.73. The molecule has 1 fully saturated rings. The second kappa shape index (κ2) is 13.4. The summed E-state index contributed by atoms with van der Waals surface area (Å²) in [5.74, 6) is 0.556. The molecule has 1 saturated heterocycles. The Kier molecular flexibility index (Phi) is 9.69. The summed E-state index contributed by atoms with van der Waals surface area (Å²) in [7, 11) is 0. The Balaban J connectivity index is 1.38. The van der Waals surface area contributed by atoms with E-state index in [1.165, 1.54) is 10.2 Å². The van der Waals surface area contributed by atoms with Crippen molar-refractivity contribution in [1.29, 1.82) is 0 Å². The number of carbonyl (C=O) groups excluding carboxylic acids is 1. The molecule has 3 N–H and O–H groups in total. The minimum atomic E-state index is -0.256. The second-order valence-electron chi connectivity index (χ2n) is 10.2. The molecule has 1 amide bonds. The van der Waals surface area contributed by atoms with Crippen molar-refractivity contribution in [1.82, 2.24) is 29.5 Å².